The molecule has 142 valence electrons. The Labute approximate surface area is 155 Å². The molecule has 1 heterocycles. The Hall–Kier alpha value is -2.96. The maximum Gasteiger partial charge on any atom is 0.326 e. The largest absolute Gasteiger partial charge is 0.491 e. The second-order valence-corrected chi connectivity index (χ2v) is 6.38. The van der Waals surface area contributed by atoms with E-state index in [0.29, 0.717) is 6.42 Å². The van der Waals surface area contributed by atoms with Crippen molar-refractivity contribution in [3.8, 4) is 5.75 Å². The van der Waals surface area contributed by atoms with Gasteiger partial charge in [-0.3, -0.25) is 4.79 Å². The zero-order valence-corrected chi connectivity index (χ0v) is 14.5. The van der Waals surface area contributed by atoms with Crippen LogP contribution in [0.2, 0.25) is 0 Å². The smallest absolute Gasteiger partial charge is 0.326 e. The summed E-state index contributed by atoms with van der Waals surface area (Å²) in [5.74, 6) is -2.92. The van der Waals surface area contributed by atoms with Crippen molar-refractivity contribution in [2.24, 2.45) is 0 Å². The lowest BCUT2D eigenvalue weighted by molar-refractivity contribution is -0.151. The Morgan fingerprint density at radius 3 is 2.59 bits per heavy atom. The summed E-state index contributed by atoms with van der Waals surface area (Å²) in [5.41, 5.74) is 1.87. The molecule has 1 atom stereocenters. The number of carboxylic acids is 1. The summed E-state index contributed by atoms with van der Waals surface area (Å²) in [7, 11) is 0. The first kappa shape index (κ1) is 18.8. The molecule has 0 fully saturated rings. The quantitative estimate of drug-likeness (QED) is 0.788. The van der Waals surface area contributed by atoms with Crippen LogP contribution < -0.4 is 4.74 Å². The van der Waals surface area contributed by atoms with Crippen LogP contribution in [-0.2, 0) is 22.6 Å². The van der Waals surface area contributed by atoms with Crippen LogP contribution in [0.15, 0.2) is 42.5 Å². The van der Waals surface area contributed by atoms with E-state index in [2.05, 4.69) is 0 Å². The summed E-state index contributed by atoms with van der Waals surface area (Å²) in [6.07, 6.45) is 0.642. The molecule has 2 aromatic rings. The average molecular weight is 375 g/mol. The second kappa shape index (κ2) is 8.16. The van der Waals surface area contributed by atoms with Gasteiger partial charge in [0.15, 0.2) is 11.6 Å². The van der Waals surface area contributed by atoms with E-state index in [-0.39, 0.29) is 37.6 Å². The topological polar surface area (TPSA) is 66.8 Å². The highest BCUT2D eigenvalue weighted by Gasteiger charge is 2.33. The number of carbonyl (C=O) groups excluding carboxylic acids is 1. The van der Waals surface area contributed by atoms with Crippen molar-refractivity contribution < 1.29 is 28.2 Å². The van der Waals surface area contributed by atoms with Gasteiger partial charge < -0.3 is 14.7 Å². The molecule has 27 heavy (non-hydrogen) atoms. The number of benzene rings is 2. The summed E-state index contributed by atoms with van der Waals surface area (Å²) in [4.78, 5) is 25.5. The molecule has 0 spiro atoms. The molecule has 7 heteroatoms. The number of hydrogen-bond acceptors (Lipinski definition) is 3. The molecule has 1 unspecified atom stereocenters. The number of amides is 1. The predicted octanol–water partition coefficient (Wildman–Crippen LogP) is 3.16. The maximum absolute atomic E-state index is 13.5. The molecular weight excluding hydrogens is 356 g/mol. The SMILES string of the molecule is O=C(O)C1Cc2ccccc2CN1C(=O)CCCOc1ccc(F)cc1F. The van der Waals surface area contributed by atoms with E-state index in [1.807, 2.05) is 24.3 Å². The highest BCUT2D eigenvalue weighted by Crippen LogP contribution is 2.24. The Balaban J connectivity index is 1.57. The van der Waals surface area contributed by atoms with Crippen LogP contribution in [-0.4, -0.2) is 34.5 Å². The highest BCUT2D eigenvalue weighted by atomic mass is 19.1. The third-order valence-corrected chi connectivity index (χ3v) is 4.54. The fourth-order valence-electron chi connectivity index (χ4n) is 3.15. The van der Waals surface area contributed by atoms with Gasteiger partial charge in [-0.25, -0.2) is 13.6 Å². The fraction of sp³-hybridized carbons (Fsp3) is 0.300. The monoisotopic (exact) mass is 375 g/mol. The lowest BCUT2D eigenvalue weighted by Gasteiger charge is -2.34. The maximum atomic E-state index is 13.5. The van der Waals surface area contributed by atoms with Crippen molar-refractivity contribution in [1.82, 2.24) is 4.90 Å². The van der Waals surface area contributed by atoms with Crippen molar-refractivity contribution in [2.45, 2.75) is 31.8 Å². The van der Waals surface area contributed by atoms with Gasteiger partial charge in [-0.1, -0.05) is 24.3 Å². The van der Waals surface area contributed by atoms with Gasteiger partial charge in [0.05, 0.1) is 6.61 Å². The fourth-order valence-corrected chi connectivity index (χ4v) is 3.15. The third-order valence-electron chi connectivity index (χ3n) is 4.54. The summed E-state index contributed by atoms with van der Waals surface area (Å²) in [6, 6.07) is 9.56. The van der Waals surface area contributed by atoms with Gasteiger partial charge in [-0.15, -0.1) is 0 Å². The zero-order valence-electron chi connectivity index (χ0n) is 14.5. The summed E-state index contributed by atoms with van der Waals surface area (Å²) in [5, 5.41) is 9.47. The van der Waals surface area contributed by atoms with Crippen LogP contribution in [0.1, 0.15) is 24.0 Å². The van der Waals surface area contributed by atoms with Crippen LogP contribution in [0, 0.1) is 11.6 Å². The Kier molecular flexibility index (Phi) is 5.69. The van der Waals surface area contributed by atoms with Crippen molar-refractivity contribution in [2.75, 3.05) is 6.61 Å². The summed E-state index contributed by atoms with van der Waals surface area (Å²) >= 11 is 0. The van der Waals surface area contributed by atoms with E-state index in [0.717, 1.165) is 23.3 Å². The van der Waals surface area contributed by atoms with Gasteiger partial charge in [0, 0.05) is 25.5 Å². The normalized spacial score (nSPS) is 15.9. The van der Waals surface area contributed by atoms with Crippen LogP contribution in [0.25, 0.3) is 0 Å². The van der Waals surface area contributed by atoms with Crippen LogP contribution in [0.5, 0.6) is 5.75 Å². The van der Waals surface area contributed by atoms with Gasteiger partial charge in [0.1, 0.15) is 11.9 Å². The predicted molar refractivity (Wildman–Crippen MR) is 93.2 cm³/mol. The van der Waals surface area contributed by atoms with Gasteiger partial charge in [0.2, 0.25) is 5.91 Å². The lowest BCUT2D eigenvalue weighted by Crippen LogP contribution is -2.48. The number of carbonyl (C=O) groups is 2. The first-order chi connectivity index (χ1) is 13.0. The molecule has 1 aliphatic rings. The van der Waals surface area contributed by atoms with E-state index in [9.17, 15) is 23.5 Å². The minimum atomic E-state index is -1.04. The molecule has 0 saturated carbocycles. The van der Waals surface area contributed by atoms with E-state index in [1.165, 1.54) is 11.0 Å². The van der Waals surface area contributed by atoms with Crippen molar-refractivity contribution in [3.05, 3.63) is 65.2 Å². The first-order valence-corrected chi connectivity index (χ1v) is 8.62. The van der Waals surface area contributed by atoms with Crippen molar-refractivity contribution in [3.63, 3.8) is 0 Å². The minimum absolute atomic E-state index is 0.0659. The van der Waals surface area contributed by atoms with E-state index < -0.39 is 23.6 Å². The van der Waals surface area contributed by atoms with Gasteiger partial charge in [-0.05, 0) is 29.7 Å². The molecule has 5 nitrogen and oxygen atoms in total. The van der Waals surface area contributed by atoms with Gasteiger partial charge >= 0.3 is 5.97 Å². The van der Waals surface area contributed by atoms with Gasteiger partial charge in [0.25, 0.3) is 0 Å². The molecule has 2 aromatic carbocycles. The standard InChI is InChI=1S/C20H19F2NO4/c21-15-7-8-18(16(22)11-15)27-9-3-6-19(24)23-12-14-5-2-1-4-13(14)10-17(23)20(25)26/h1-2,4-5,7-8,11,17H,3,6,9-10,12H2,(H,25,26). The van der Waals surface area contributed by atoms with E-state index in [4.69, 9.17) is 4.74 Å². The molecule has 1 amide bonds. The number of aliphatic carboxylic acids is 1. The Morgan fingerprint density at radius 1 is 1.15 bits per heavy atom. The molecule has 0 bridgehead atoms. The van der Waals surface area contributed by atoms with Crippen molar-refractivity contribution in [1.29, 1.82) is 0 Å². The molecule has 0 aliphatic carbocycles. The number of ether oxygens (including phenoxy) is 1. The Morgan fingerprint density at radius 2 is 1.89 bits per heavy atom. The highest BCUT2D eigenvalue weighted by molar-refractivity contribution is 5.84. The van der Waals surface area contributed by atoms with Crippen LogP contribution in [0.4, 0.5) is 8.78 Å². The van der Waals surface area contributed by atoms with Gasteiger partial charge in [-0.2, -0.15) is 0 Å². The van der Waals surface area contributed by atoms with Crippen molar-refractivity contribution >= 4 is 11.9 Å². The summed E-state index contributed by atoms with van der Waals surface area (Å²) < 4.78 is 31.6. The third kappa shape index (κ3) is 4.42. The number of carboxylic acid groups (broad SMARTS) is 1. The summed E-state index contributed by atoms with van der Waals surface area (Å²) in [6.45, 7) is 0.315. The zero-order chi connectivity index (χ0) is 19.4. The van der Waals surface area contributed by atoms with Crippen LogP contribution in [0.3, 0.4) is 0 Å². The molecule has 0 radical (unpaired) electrons. The first-order valence-electron chi connectivity index (χ1n) is 8.62. The number of hydrogen-bond donors (Lipinski definition) is 1. The number of halogens is 2. The number of nitrogens with zero attached hydrogens (tertiary/aromatic N) is 1. The van der Waals surface area contributed by atoms with Crippen LogP contribution >= 0.6 is 0 Å². The number of fused-ring (bicyclic) bond motifs is 1. The lowest BCUT2D eigenvalue weighted by atomic mass is 9.93. The van der Waals surface area contributed by atoms with E-state index in [1.54, 1.807) is 0 Å². The molecule has 0 saturated heterocycles. The van der Waals surface area contributed by atoms with E-state index >= 15 is 0 Å². The number of rotatable bonds is 6. The molecule has 1 N–H and O–H groups in total. The molecule has 3 rings (SSSR count). The second-order valence-electron chi connectivity index (χ2n) is 6.38. The molecular formula is C20H19F2NO4. The molecule has 0 aromatic heterocycles. The minimum Gasteiger partial charge on any atom is -0.491 e. The Bertz CT molecular complexity index is 856. The molecule has 1 aliphatic heterocycles. The average Bonchev–Trinajstić information content (AvgIpc) is 2.65.